The van der Waals surface area contributed by atoms with Crippen LogP contribution in [0.4, 0.5) is 0 Å². The summed E-state index contributed by atoms with van der Waals surface area (Å²) in [5, 5.41) is 13.4. The van der Waals surface area contributed by atoms with Gasteiger partial charge in [-0.25, -0.2) is 0 Å². The zero-order valence-electron chi connectivity index (χ0n) is 12.4. The molecule has 114 valence electrons. The van der Waals surface area contributed by atoms with Crippen molar-refractivity contribution in [1.82, 2.24) is 10.2 Å². The third-order valence-corrected chi connectivity index (χ3v) is 5.13. The molecule has 1 saturated heterocycles. The first kappa shape index (κ1) is 14.5. The number of piperazine rings is 1. The van der Waals surface area contributed by atoms with Crippen molar-refractivity contribution in [2.45, 2.75) is 37.1 Å². The summed E-state index contributed by atoms with van der Waals surface area (Å²) in [6.07, 6.45) is 3.88. The lowest BCUT2D eigenvalue weighted by molar-refractivity contribution is -0.156. The second-order valence-corrected chi connectivity index (χ2v) is 6.18. The fourth-order valence-electron chi connectivity index (χ4n) is 4.12. The molecule has 2 fully saturated rings. The Morgan fingerprint density at radius 1 is 1.19 bits per heavy atom. The van der Waals surface area contributed by atoms with E-state index in [1.54, 1.807) is 0 Å². The van der Waals surface area contributed by atoms with Crippen LogP contribution in [0.2, 0.25) is 0 Å². The van der Waals surface area contributed by atoms with Gasteiger partial charge in [0.05, 0.1) is 0 Å². The lowest BCUT2D eigenvalue weighted by atomic mass is 9.68. The number of nitrogens with one attached hydrogen (secondary N) is 1. The molecule has 0 radical (unpaired) electrons. The average Bonchev–Trinajstić information content (AvgIpc) is 2.56. The highest BCUT2D eigenvalue weighted by Crippen LogP contribution is 2.45. The van der Waals surface area contributed by atoms with Crippen LogP contribution in [-0.4, -0.2) is 47.7 Å². The van der Waals surface area contributed by atoms with Crippen LogP contribution in [0.25, 0.3) is 0 Å². The monoisotopic (exact) mass is 288 g/mol. The summed E-state index contributed by atoms with van der Waals surface area (Å²) in [5.41, 5.74) is 0.458. The molecule has 0 spiro atoms. The van der Waals surface area contributed by atoms with Gasteiger partial charge in [0.1, 0.15) is 5.54 Å². The fourth-order valence-corrected chi connectivity index (χ4v) is 4.12. The highest BCUT2D eigenvalue weighted by molar-refractivity contribution is 5.81. The molecular formula is C17H24N2O2. The molecule has 2 N–H and O–H groups in total. The van der Waals surface area contributed by atoms with E-state index in [1.807, 2.05) is 18.2 Å². The smallest absolute Gasteiger partial charge is 0.324 e. The first-order valence-corrected chi connectivity index (χ1v) is 7.99. The second-order valence-electron chi connectivity index (χ2n) is 6.18. The van der Waals surface area contributed by atoms with E-state index in [1.165, 1.54) is 5.56 Å². The van der Waals surface area contributed by atoms with E-state index < -0.39 is 11.5 Å². The summed E-state index contributed by atoms with van der Waals surface area (Å²) in [7, 11) is 0. The Morgan fingerprint density at radius 2 is 1.90 bits per heavy atom. The van der Waals surface area contributed by atoms with Crippen molar-refractivity contribution in [2.75, 3.05) is 26.2 Å². The molecule has 3 rings (SSSR count). The Morgan fingerprint density at radius 3 is 2.57 bits per heavy atom. The molecule has 1 saturated carbocycles. The summed E-state index contributed by atoms with van der Waals surface area (Å²) in [5.74, 6) is -0.541. The van der Waals surface area contributed by atoms with Crippen molar-refractivity contribution >= 4 is 5.97 Å². The van der Waals surface area contributed by atoms with Gasteiger partial charge in [0.15, 0.2) is 0 Å². The van der Waals surface area contributed by atoms with Gasteiger partial charge in [-0.1, -0.05) is 43.2 Å². The Bertz CT molecular complexity index is 485. The second kappa shape index (κ2) is 6.16. The van der Waals surface area contributed by atoms with E-state index in [-0.39, 0.29) is 5.92 Å². The predicted molar refractivity (Wildman–Crippen MR) is 82.5 cm³/mol. The topological polar surface area (TPSA) is 52.6 Å². The van der Waals surface area contributed by atoms with Crippen LogP contribution in [-0.2, 0) is 4.79 Å². The lowest BCUT2D eigenvalue weighted by Crippen LogP contribution is -2.63. The largest absolute Gasteiger partial charge is 0.480 e. The SMILES string of the molecule is O=C(O)C1(N2CCNCC2)CCCCC1c1ccccc1. The van der Waals surface area contributed by atoms with Crippen LogP contribution in [0.15, 0.2) is 30.3 Å². The lowest BCUT2D eigenvalue weighted by Gasteiger charge is -2.50. The minimum Gasteiger partial charge on any atom is -0.480 e. The predicted octanol–water partition coefficient (Wildman–Crippen LogP) is 2.07. The number of benzene rings is 1. The summed E-state index contributed by atoms with van der Waals surface area (Å²) >= 11 is 0. The van der Waals surface area contributed by atoms with Crippen molar-refractivity contribution in [3.63, 3.8) is 0 Å². The van der Waals surface area contributed by atoms with Crippen LogP contribution in [0, 0.1) is 0 Å². The van der Waals surface area contributed by atoms with Gasteiger partial charge >= 0.3 is 5.97 Å². The molecule has 0 aromatic heterocycles. The quantitative estimate of drug-likeness (QED) is 0.894. The Hall–Kier alpha value is -1.39. The minimum absolute atomic E-state index is 0.100. The molecule has 4 nitrogen and oxygen atoms in total. The van der Waals surface area contributed by atoms with E-state index in [0.717, 1.165) is 51.9 Å². The number of carboxylic acids is 1. The van der Waals surface area contributed by atoms with Gasteiger partial charge in [-0.15, -0.1) is 0 Å². The third kappa shape index (κ3) is 2.58. The van der Waals surface area contributed by atoms with Gasteiger partial charge in [-0.05, 0) is 18.4 Å². The molecule has 1 aromatic rings. The molecule has 2 unspecified atom stereocenters. The summed E-state index contributed by atoms with van der Waals surface area (Å²) < 4.78 is 0. The van der Waals surface area contributed by atoms with E-state index in [0.29, 0.717) is 0 Å². The number of hydrogen-bond acceptors (Lipinski definition) is 3. The number of hydrogen-bond donors (Lipinski definition) is 2. The van der Waals surface area contributed by atoms with E-state index >= 15 is 0 Å². The van der Waals surface area contributed by atoms with Gasteiger partial charge in [0.2, 0.25) is 0 Å². The summed E-state index contributed by atoms with van der Waals surface area (Å²) in [4.78, 5) is 14.5. The zero-order valence-corrected chi connectivity index (χ0v) is 12.4. The minimum atomic E-state index is -0.721. The number of rotatable bonds is 3. The molecule has 2 aliphatic rings. The van der Waals surface area contributed by atoms with Crippen LogP contribution < -0.4 is 5.32 Å². The van der Waals surface area contributed by atoms with Crippen LogP contribution in [0.5, 0.6) is 0 Å². The number of carboxylic acid groups (broad SMARTS) is 1. The number of aliphatic carboxylic acids is 1. The van der Waals surface area contributed by atoms with Crippen molar-refractivity contribution in [3.05, 3.63) is 35.9 Å². The molecule has 2 atom stereocenters. The van der Waals surface area contributed by atoms with Gasteiger partial charge in [-0.2, -0.15) is 0 Å². The van der Waals surface area contributed by atoms with Crippen molar-refractivity contribution in [2.24, 2.45) is 0 Å². The Labute approximate surface area is 126 Å². The molecule has 1 aromatic carbocycles. The van der Waals surface area contributed by atoms with Gasteiger partial charge in [0.25, 0.3) is 0 Å². The van der Waals surface area contributed by atoms with Crippen molar-refractivity contribution in [1.29, 1.82) is 0 Å². The van der Waals surface area contributed by atoms with Crippen molar-refractivity contribution in [3.8, 4) is 0 Å². The molecule has 0 bridgehead atoms. The van der Waals surface area contributed by atoms with E-state index in [9.17, 15) is 9.90 Å². The highest BCUT2D eigenvalue weighted by Gasteiger charge is 2.52. The summed E-state index contributed by atoms with van der Waals surface area (Å²) in [6, 6.07) is 10.2. The van der Waals surface area contributed by atoms with Gasteiger partial charge in [-0.3, -0.25) is 9.69 Å². The molecule has 0 amide bonds. The molecule has 1 aliphatic heterocycles. The fraction of sp³-hybridized carbons (Fsp3) is 0.588. The Balaban J connectivity index is 2.00. The zero-order chi connectivity index (χ0) is 14.7. The number of nitrogens with zero attached hydrogens (tertiary/aromatic N) is 1. The van der Waals surface area contributed by atoms with Crippen molar-refractivity contribution < 1.29 is 9.90 Å². The first-order chi connectivity index (χ1) is 10.2. The van der Waals surface area contributed by atoms with E-state index in [2.05, 4.69) is 22.3 Å². The van der Waals surface area contributed by atoms with Gasteiger partial charge in [0, 0.05) is 32.1 Å². The molecular weight excluding hydrogens is 264 g/mol. The average molecular weight is 288 g/mol. The maximum absolute atomic E-state index is 12.3. The van der Waals surface area contributed by atoms with Crippen LogP contribution >= 0.6 is 0 Å². The molecule has 4 heteroatoms. The van der Waals surface area contributed by atoms with E-state index in [4.69, 9.17) is 0 Å². The maximum atomic E-state index is 12.3. The maximum Gasteiger partial charge on any atom is 0.324 e. The number of carbonyl (C=O) groups is 1. The highest BCUT2D eigenvalue weighted by atomic mass is 16.4. The standard InChI is InChI=1S/C17H24N2O2/c20-16(21)17(19-12-10-18-11-13-19)9-5-4-8-15(17)14-6-2-1-3-7-14/h1-3,6-7,15,18H,4-5,8-13H2,(H,20,21). The molecule has 1 heterocycles. The summed E-state index contributed by atoms with van der Waals surface area (Å²) in [6.45, 7) is 3.43. The first-order valence-electron chi connectivity index (χ1n) is 7.99. The normalized spacial score (nSPS) is 31.0. The van der Waals surface area contributed by atoms with Crippen LogP contribution in [0.3, 0.4) is 0 Å². The molecule has 21 heavy (non-hydrogen) atoms. The Kier molecular flexibility index (Phi) is 4.27. The van der Waals surface area contributed by atoms with Gasteiger partial charge < -0.3 is 10.4 Å². The third-order valence-electron chi connectivity index (χ3n) is 5.13. The molecule has 1 aliphatic carbocycles. The van der Waals surface area contributed by atoms with Crippen LogP contribution in [0.1, 0.15) is 37.2 Å².